The Morgan fingerprint density at radius 3 is 2.83 bits per heavy atom. The first-order valence-corrected chi connectivity index (χ1v) is 10.8. The van der Waals surface area contributed by atoms with Gasteiger partial charge in [0.2, 0.25) is 11.0 Å². The van der Waals surface area contributed by atoms with Gasteiger partial charge in [-0.25, -0.2) is 14.1 Å². The van der Waals surface area contributed by atoms with Crippen molar-refractivity contribution in [2.24, 2.45) is 0 Å². The molecule has 5 rings (SSSR count). The standard InChI is InChI=1S/C18H14FN7O2S2/c1-9-23-24-17(30-9)21-14(27)6-12-8-29-18-22-15-13(16(28)25(12)18)7-20-26(15)11-4-2-10(19)3-5-11/h2-5,7,12H,6,8H2,1H3,(H,21,24,27)/t12-/m0/s1. The summed E-state index contributed by atoms with van der Waals surface area (Å²) in [5.74, 6) is -0.0374. The van der Waals surface area contributed by atoms with Crippen LogP contribution in [0.5, 0.6) is 0 Å². The van der Waals surface area contributed by atoms with Crippen molar-refractivity contribution in [2.45, 2.75) is 24.5 Å². The van der Waals surface area contributed by atoms with E-state index in [2.05, 4.69) is 25.6 Å². The van der Waals surface area contributed by atoms with Gasteiger partial charge in [-0.05, 0) is 31.2 Å². The van der Waals surface area contributed by atoms with Gasteiger partial charge in [-0.2, -0.15) is 5.10 Å². The smallest absolute Gasteiger partial charge is 0.265 e. The zero-order valence-corrected chi connectivity index (χ0v) is 17.2. The highest BCUT2D eigenvalue weighted by molar-refractivity contribution is 7.99. The number of nitrogens with zero attached hydrogens (tertiary/aromatic N) is 6. The Kier molecular flexibility index (Phi) is 4.59. The molecule has 12 heteroatoms. The lowest BCUT2D eigenvalue weighted by Crippen LogP contribution is -2.27. The summed E-state index contributed by atoms with van der Waals surface area (Å²) in [5.41, 5.74) is 0.757. The maximum Gasteiger partial charge on any atom is 0.265 e. The van der Waals surface area contributed by atoms with Gasteiger partial charge in [0.1, 0.15) is 16.2 Å². The number of aryl methyl sites for hydroxylation is 1. The molecule has 0 unspecified atom stereocenters. The van der Waals surface area contributed by atoms with E-state index in [1.165, 1.54) is 46.1 Å². The third kappa shape index (κ3) is 3.27. The summed E-state index contributed by atoms with van der Waals surface area (Å²) < 4.78 is 16.3. The molecular weight excluding hydrogens is 429 g/mol. The zero-order chi connectivity index (χ0) is 20.8. The normalized spacial score (nSPS) is 15.5. The topological polar surface area (TPSA) is 108 Å². The number of nitrogens with one attached hydrogen (secondary N) is 1. The molecule has 0 saturated carbocycles. The second-order valence-electron chi connectivity index (χ2n) is 6.68. The Balaban J connectivity index is 1.46. The van der Waals surface area contributed by atoms with Crippen LogP contribution >= 0.6 is 23.1 Å². The molecule has 4 aromatic rings. The molecular formula is C18H14FN7O2S2. The molecule has 1 aliphatic rings. The minimum Gasteiger partial charge on any atom is -0.300 e. The minimum absolute atomic E-state index is 0.123. The lowest BCUT2D eigenvalue weighted by molar-refractivity contribution is -0.116. The SMILES string of the molecule is Cc1nnc(NC(=O)C[C@H]2CSc3nc4c(cnn4-c4ccc(F)cc4)c(=O)n32)s1. The number of benzene rings is 1. The van der Waals surface area contributed by atoms with Gasteiger partial charge in [0.25, 0.3) is 5.56 Å². The lowest BCUT2D eigenvalue weighted by Gasteiger charge is -2.12. The highest BCUT2D eigenvalue weighted by atomic mass is 32.2. The summed E-state index contributed by atoms with van der Waals surface area (Å²) in [5, 5.41) is 16.8. The largest absolute Gasteiger partial charge is 0.300 e. The number of rotatable bonds is 4. The van der Waals surface area contributed by atoms with Gasteiger partial charge in [-0.3, -0.25) is 14.2 Å². The van der Waals surface area contributed by atoms with Crippen LogP contribution in [0, 0.1) is 12.7 Å². The molecule has 0 bridgehead atoms. The Morgan fingerprint density at radius 1 is 1.30 bits per heavy atom. The summed E-state index contributed by atoms with van der Waals surface area (Å²) in [6, 6.07) is 5.48. The van der Waals surface area contributed by atoms with Crippen LogP contribution in [-0.4, -0.2) is 41.2 Å². The first-order valence-electron chi connectivity index (χ1n) is 8.98. The first kappa shape index (κ1) is 18.9. The summed E-state index contributed by atoms with van der Waals surface area (Å²) in [6.45, 7) is 1.81. The predicted molar refractivity (Wildman–Crippen MR) is 111 cm³/mol. The van der Waals surface area contributed by atoms with Crippen LogP contribution in [-0.2, 0) is 4.79 Å². The Morgan fingerprint density at radius 2 is 2.10 bits per heavy atom. The Labute approximate surface area is 177 Å². The molecule has 4 heterocycles. The Bertz CT molecular complexity index is 1330. The first-order chi connectivity index (χ1) is 14.5. The van der Waals surface area contributed by atoms with Crippen LogP contribution in [0.25, 0.3) is 16.7 Å². The van der Waals surface area contributed by atoms with Crippen molar-refractivity contribution in [3.8, 4) is 5.69 Å². The number of carbonyl (C=O) groups is 1. The van der Waals surface area contributed by atoms with Crippen molar-refractivity contribution < 1.29 is 9.18 Å². The van der Waals surface area contributed by atoms with E-state index in [1.807, 2.05) is 0 Å². The summed E-state index contributed by atoms with van der Waals surface area (Å²) in [4.78, 5) is 30.1. The highest BCUT2D eigenvalue weighted by Crippen LogP contribution is 2.33. The fourth-order valence-corrected chi connectivity index (χ4v) is 5.02. The number of carbonyl (C=O) groups excluding carboxylic acids is 1. The predicted octanol–water partition coefficient (Wildman–Crippen LogP) is 2.56. The quantitative estimate of drug-likeness (QED) is 0.483. The van der Waals surface area contributed by atoms with Gasteiger partial charge < -0.3 is 5.32 Å². The van der Waals surface area contributed by atoms with Gasteiger partial charge in [0.05, 0.1) is 17.9 Å². The second-order valence-corrected chi connectivity index (χ2v) is 8.85. The van der Waals surface area contributed by atoms with E-state index in [9.17, 15) is 14.0 Å². The maximum atomic E-state index is 13.2. The summed E-state index contributed by atoms with van der Waals surface area (Å²) in [6.07, 6.45) is 1.57. The molecule has 1 aromatic carbocycles. The molecule has 1 aliphatic heterocycles. The van der Waals surface area contributed by atoms with E-state index in [1.54, 1.807) is 23.6 Å². The molecule has 30 heavy (non-hydrogen) atoms. The number of hydrogen-bond acceptors (Lipinski definition) is 8. The van der Waals surface area contributed by atoms with E-state index in [4.69, 9.17) is 0 Å². The molecule has 0 fully saturated rings. The fraction of sp³-hybridized carbons (Fsp3) is 0.222. The average molecular weight is 443 g/mol. The van der Waals surface area contributed by atoms with Gasteiger partial charge in [-0.15, -0.1) is 10.2 Å². The molecule has 1 amide bonds. The van der Waals surface area contributed by atoms with Crippen LogP contribution in [0.15, 0.2) is 40.4 Å². The van der Waals surface area contributed by atoms with Crippen LogP contribution < -0.4 is 10.9 Å². The third-order valence-corrected chi connectivity index (χ3v) is 6.49. The molecule has 0 saturated heterocycles. The molecule has 3 aromatic heterocycles. The van der Waals surface area contributed by atoms with E-state index in [-0.39, 0.29) is 29.7 Å². The molecule has 1 atom stereocenters. The molecule has 152 valence electrons. The van der Waals surface area contributed by atoms with Crippen LogP contribution in [0.2, 0.25) is 0 Å². The molecule has 0 radical (unpaired) electrons. The van der Waals surface area contributed by atoms with Crippen molar-refractivity contribution in [2.75, 3.05) is 11.1 Å². The fourth-order valence-electron chi connectivity index (χ4n) is 3.28. The number of halogens is 1. The van der Waals surface area contributed by atoms with Gasteiger partial charge in [-0.1, -0.05) is 23.1 Å². The van der Waals surface area contributed by atoms with E-state index in [0.29, 0.717) is 32.8 Å². The van der Waals surface area contributed by atoms with E-state index in [0.717, 1.165) is 5.01 Å². The van der Waals surface area contributed by atoms with Crippen LogP contribution in [0.1, 0.15) is 17.5 Å². The molecule has 0 spiro atoms. The number of fused-ring (bicyclic) bond motifs is 2. The second kappa shape index (κ2) is 7.29. The Hall–Kier alpha value is -3.12. The number of anilines is 1. The number of amides is 1. The van der Waals surface area contributed by atoms with E-state index >= 15 is 0 Å². The van der Waals surface area contributed by atoms with Crippen molar-refractivity contribution in [1.29, 1.82) is 0 Å². The van der Waals surface area contributed by atoms with Gasteiger partial charge in [0, 0.05) is 12.2 Å². The van der Waals surface area contributed by atoms with E-state index < -0.39 is 0 Å². The number of aromatic nitrogens is 6. The monoisotopic (exact) mass is 443 g/mol. The summed E-state index contributed by atoms with van der Waals surface area (Å²) in [7, 11) is 0. The zero-order valence-electron chi connectivity index (χ0n) is 15.6. The molecule has 1 N–H and O–H groups in total. The highest BCUT2D eigenvalue weighted by Gasteiger charge is 2.29. The van der Waals surface area contributed by atoms with Gasteiger partial charge >= 0.3 is 0 Å². The van der Waals surface area contributed by atoms with Gasteiger partial charge in [0.15, 0.2) is 10.8 Å². The molecule has 0 aliphatic carbocycles. The minimum atomic E-state index is -0.357. The van der Waals surface area contributed by atoms with Crippen molar-refractivity contribution in [3.05, 3.63) is 51.6 Å². The number of thioether (sulfide) groups is 1. The van der Waals surface area contributed by atoms with Crippen LogP contribution in [0.3, 0.4) is 0 Å². The lowest BCUT2D eigenvalue weighted by atomic mass is 10.2. The number of hydrogen-bond donors (Lipinski definition) is 1. The third-order valence-electron chi connectivity index (χ3n) is 4.64. The van der Waals surface area contributed by atoms with Crippen LogP contribution in [0.4, 0.5) is 9.52 Å². The average Bonchev–Trinajstić information content (AvgIpc) is 3.42. The van der Waals surface area contributed by atoms with Crippen molar-refractivity contribution in [1.82, 2.24) is 29.5 Å². The van der Waals surface area contributed by atoms with Crippen molar-refractivity contribution in [3.63, 3.8) is 0 Å². The molecule has 9 nitrogen and oxygen atoms in total. The maximum absolute atomic E-state index is 13.2. The summed E-state index contributed by atoms with van der Waals surface area (Å²) >= 11 is 2.70. The van der Waals surface area contributed by atoms with Crippen molar-refractivity contribution >= 4 is 45.2 Å².